The van der Waals surface area contributed by atoms with Gasteiger partial charge in [0.2, 0.25) is 0 Å². The van der Waals surface area contributed by atoms with Crippen LogP contribution < -0.4 is 0 Å². The van der Waals surface area contributed by atoms with Gasteiger partial charge in [0, 0.05) is 0 Å². The van der Waals surface area contributed by atoms with Gasteiger partial charge >= 0.3 is 6.18 Å². The average molecular weight is 206 g/mol. The Morgan fingerprint density at radius 1 is 1.29 bits per heavy atom. The number of phenols is 1. The van der Waals surface area contributed by atoms with Gasteiger partial charge in [0.15, 0.2) is 6.10 Å². The molecule has 0 amide bonds. The van der Waals surface area contributed by atoms with Gasteiger partial charge in [0.1, 0.15) is 5.75 Å². The normalized spacial score (nSPS) is 14.1. The number of aliphatic hydroxyl groups is 1. The largest absolute Gasteiger partial charge is 0.508 e. The zero-order chi connectivity index (χ0) is 10.9. The van der Waals surface area contributed by atoms with E-state index in [0.29, 0.717) is 5.56 Å². The first kappa shape index (κ1) is 10.8. The van der Waals surface area contributed by atoms with Crippen molar-refractivity contribution in [1.29, 1.82) is 0 Å². The maximum Gasteiger partial charge on any atom is 0.418 e. The van der Waals surface area contributed by atoms with Crippen molar-refractivity contribution in [3.63, 3.8) is 0 Å². The van der Waals surface area contributed by atoms with Crippen molar-refractivity contribution in [2.45, 2.75) is 19.2 Å². The molecule has 0 fully saturated rings. The highest BCUT2D eigenvalue weighted by atomic mass is 19.4. The molecule has 2 nitrogen and oxygen atoms in total. The van der Waals surface area contributed by atoms with E-state index in [1.165, 1.54) is 6.07 Å². The second-order valence-electron chi connectivity index (χ2n) is 2.99. The molecule has 0 radical (unpaired) electrons. The first-order chi connectivity index (χ1) is 6.32. The zero-order valence-corrected chi connectivity index (χ0v) is 7.34. The molecular weight excluding hydrogens is 197 g/mol. The summed E-state index contributed by atoms with van der Waals surface area (Å²) in [6.07, 6.45) is -7.25. The lowest BCUT2D eigenvalue weighted by atomic mass is 10.1. The minimum atomic E-state index is -4.71. The van der Waals surface area contributed by atoms with E-state index >= 15 is 0 Å². The lowest BCUT2D eigenvalue weighted by Gasteiger charge is -2.15. The summed E-state index contributed by atoms with van der Waals surface area (Å²) in [5, 5.41) is 18.0. The van der Waals surface area contributed by atoms with Crippen molar-refractivity contribution in [2.24, 2.45) is 0 Å². The fourth-order valence-corrected chi connectivity index (χ4v) is 0.985. The SMILES string of the molecule is Cc1ccc([C@@H](O)C(F)(F)F)cc1O. The fourth-order valence-electron chi connectivity index (χ4n) is 0.985. The number of phenolic OH excluding ortho intramolecular Hbond substituents is 1. The van der Waals surface area contributed by atoms with Crippen molar-refractivity contribution in [1.82, 2.24) is 0 Å². The number of rotatable bonds is 1. The molecule has 1 aromatic carbocycles. The van der Waals surface area contributed by atoms with E-state index in [1.54, 1.807) is 6.92 Å². The fraction of sp³-hybridized carbons (Fsp3) is 0.333. The monoisotopic (exact) mass is 206 g/mol. The number of hydrogen-bond donors (Lipinski definition) is 2. The van der Waals surface area contributed by atoms with Gasteiger partial charge in [-0.1, -0.05) is 12.1 Å². The summed E-state index contributed by atoms with van der Waals surface area (Å²) < 4.78 is 36.1. The average Bonchev–Trinajstić information content (AvgIpc) is 2.07. The number of halogens is 3. The predicted octanol–water partition coefficient (Wildman–Crippen LogP) is 2.30. The summed E-state index contributed by atoms with van der Waals surface area (Å²) in [7, 11) is 0. The van der Waals surface area contributed by atoms with E-state index in [-0.39, 0.29) is 11.3 Å². The van der Waals surface area contributed by atoms with Gasteiger partial charge in [-0.05, 0) is 24.1 Å². The smallest absolute Gasteiger partial charge is 0.418 e. The molecule has 0 aliphatic rings. The molecule has 0 heterocycles. The molecule has 0 aromatic heterocycles. The van der Waals surface area contributed by atoms with Crippen molar-refractivity contribution >= 4 is 0 Å². The van der Waals surface area contributed by atoms with Gasteiger partial charge in [0.05, 0.1) is 0 Å². The van der Waals surface area contributed by atoms with Crippen molar-refractivity contribution in [3.8, 4) is 5.75 Å². The van der Waals surface area contributed by atoms with Gasteiger partial charge < -0.3 is 10.2 Å². The molecule has 1 aromatic rings. The van der Waals surface area contributed by atoms with Crippen LogP contribution >= 0.6 is 0 Å². The van der Waals surface area contributed by atoms with Crippen molar-refractivity contribution < 1.29 is 23.4 Å². The molecule has 1 rings (SSSR count). The van der Waals surface area contributed by atoms with E-state index in [0.717, 1.165) is 12.1 Å². The quantitative estimate of drug-likeness (QED) is 0.740. The Morgan fingerprint density at radius 2 is 1.86 bits per heavy atom. The minimum absolute atomic E-state index is 0.259. The van der Waals surface area contributed by atoms with Crippen LogP contribution in [0, 0.1) is 6.92 Å². The minimum Gasteiger partial charge on any atom is -0.508 e. The van der Waals surface area contributed by atoms with Crippen LogP contribution in [-0.2, 0) is 0 Å². The molecule has 0 bridgehead atoms. The highest BCUT2D eigenvalue weighted by Gasteiger charge is 2.39. The lowest BCUT2D eigenvalue weighted by molar-refractivity contribution is -0.206. The van der Waals surface area contributed by atoms with Crippen LogP contribution in [0.4, 0.5) is 13.2 Å². The van der Waals surface area contributed by atoms with E-state index in [9.17, 15) is 13.2 Å². The summed E-state index contributed by atoms with van der Waals surface area (Å²) in [5.74, 6) is -0.259. The number of alkyl halides is 3. The first-order valence-electron chi connectivity index (χ1n) is 3.86. The summed E-state index contributed by atoms with van der Waals surface area (Å²) in [6.45, 7) is 1.55. The standard InChI is InChI=1S/C9H9F3O2/c1-5-2-3-6(4-7(5)13)8(14)9(10,11)12/h2-4,8,13-14H,1H3/t8-/m1/s1. The highest BCUT2D eigenvalue weighted by Crippen LogP contribution is 2.34. The number of aryl methyl sites for hydroxylation is 1. The molecule has 78 valence electrons. The van der Waals surface area contributed by atoms with Gasteiger partial charge in [-0.2, -0.15) is 13.2 Å². The summed E-state index contributed by atoms with van der Waals surface area (Å²) >= 11 is 0. The van der Waals surface area contributed by atoms with E-state index in [2.05, 4.69) is 0 Å². The Labute approximate surface area is 78.6 Å². The Hall–Kier alpha value is -1.23. The van der Waals surface area contributed by atoms with Gasteiger partial charge in [-0.15, -0.1) is 0 Å². The Kier molecular flexibility index (Phi) is 2.71. The molecule has 0 aliphatic carbocycles. The Morgan fingerprint density at radius 3 is 2.29 bits per heavy atom. The molecule has 0 spiro atoms. The van der Waals surface area contributed by atoms with Gasteiger partial charge in [0.25, 0.3) is 0 Å². The van der Waals surface area contributed by atoms with Crippen LogP contribution in [0.2, 0.25) is 0 Å². The molecular formula is C9H9F3O2. The lowest BCUT2D eigenvalue weighted by Crippen LogP contribution is -2.20. The van der Waals surface area contributed by atoms with Gasteiger partial charge in [-0.25, -0.2) is 0 Å². The highest BCUT2D eigenvalue weighted by molar-refractivity contribution is 5.36. The van der Waals surface area contributed by atoms with Crippen LogP contribution in [-0.4, -0.2) is 16.4 Å². The number of aliphatic hydroxyl groups excluding tert-OH is 1. The first-order valence-corrected chi connectivity index (χ1v) is 3.86. The summed E-state index contributed by atoms with van der Waals surface area (Å²) in [6, 6.07) is 3.36. The maximum absolute atomic E-state index is 12.0. The van der Waals surface area contributed by atoms with Crippen molar-refractivity contribution in [2.75, 3.05) is 0 Å². The summed E-state index contributed by atoms with van der Waals surface area (Å²) in [5.41, 5.74) is 0.101. The Bertz CT molecular complexity index is 333. The van der Waals surface area contributed by atoms with E-state index in [1.807, 2.05) is 0 Å². The molecule has 5 heteroatoms. The van der Waals surface area contributed by atoms with Gasteiger partial charge in [-0.3, -0.25) is 0 Å². The summed E-state index contributed by atoms with van der Waals surface area (Å²) in [4.78, 5) is 0. The second-order valence-corrected chi connectivity index (χ2v) is 2.99. The van der Waals surface area contributed by atoms with E-state index in [4.69, 9.17) is 10.2 Å². The molecule has 0 saturated carbocycles. The molecule has 0 saturated heterocycles. The molecule has 14 heavy (non-hydrogen) atoms. The van der Waals surface area contributed by atoms with Crippen LogP contribution in [0.15, 0.2) is 18.2 Å². The second kappa shape index (κ2) is 3.49. The molecule has 0 unspecified atom stereocenters. The number of hydrogen-bond acceptors (Lipinski definition) is 2. The molecule has 2 N–H and O–H groups in total. The van der Waals surface area contributed by atoms with Crippen LogP contribution in [0.3, 0.4) is 0 Å². The van der Waals surface area contributed by atoms with Crippen LogP contribution in [0.25, 0.3) is 0 Å². The zero-order valence-electron chi connectivity index (χ0n) is 7.34. The third-order valence-corrected chi connectivity index (χ3v) is 1.86. The maximum atomic E-state index is 12.0. The van der Waals surface area contributed by atoms with Crippen LogP contribution in [0.1, 0.15) is 17.2 Å². The number of benzene rings is 1. The molecule has 1 atom stereocenters. The topological polar surface area (TPSA) is 40.5 Å². The van der Waals surface area contributed by atoms with Crippen LogP contribution in [0.5, 0.6) is 5.75 Å². The van der Waals surface area contributed by atoms with E-state index < -0.39 is 12.3 Å². The van der Waals surface area contributed by atoms with Crippen molar-refractivity contribution in [3.05, 3.63) is 29.3 Å². The third kappa shape index (κ3) is 2.17. The Balaban J connectivity index is 3.03. The predicted molar refractivity (Wildman–Crippen MR) is 43.9 cm³/mol. The molecule has 0 aliphatic heterocycles. The number of aromatic hydroxyl groups is 1. The third-order valence-electron chi connectivity index (χ3n) is 1.86.